The predicted octanol–water partition coefficient (Wildman–Crippen LogP) is 1.36. The van der Waals surface area contributed by atoms with Crippen LogP contribution in [0.15, 0.2) is 18.3 Å². The van der Waals surface area contributed by atoms with Gasteiger partial charge in [-0.3, -0.25) is 9.88 Å². The molecule has 2 N–H and O–H groups in total. The third kappa shape index (κ3) is 4.42. The molecule has 1 atom stereocenters. The van der Waals surface area contributed by atoms with Gasteiger partial charge in [-0.1, -0.05) is 6.07 Å². The summed E-state index contributed by atoms with van der Waals surface area (Å²) < 4.78 is 5.36. The topological polar surface area (TPSA) is 51.4 Å². The molecule has 0 aliphatic heterocycles. The number of hydrogen-bond acceptors (Lipinski definition) is 4. The SMILES string of the molecule is CCOCCN(C)C(CN)c1ccc(C)nc1. The van der Waals surface area contributed by atoms with Gasteiger partial charge >= 0.3 is 0 Å². The van der Waals surface area contributed by atoms with Gasteiger partial charge in [0.15, 0.2) is 0 Å². The van der Waals surface area contributed by atoms with Crippen LogP contribution in [-0.4, -0.2) is 43.2 Å². The minimum Gasteiger partial charge on any atom is -0.380 e. The van der Waals surface area contributed by atoms with Gasteiger partial charge in [0.25, 0.3) is 0 Å². The lowest BCUT2D eigenvalue weighted by Gasteiger charge is -2.27. The quantitative estimate of drug-likeness (QED) is 0.727. The van der Waals surface area contributed by atoms with Crippen molar-refractivity contribution in [3.63, 3.8) is 0 Å². The monoisotopic (exact) mass is 237 g/mol. The first kappa shape index (κ1) is 14.1. The number of hydrogen-bond donors (Lipinski definition) is 1. The first-order chi connectivity index (χ1) is 8.19. The Hall–Kier alpha value is -0.970. The number of nitrogens with two attached hydrogens (primary N) is 1. The third-order valence-corrected chi connectivity index (χ3v) is 2.87. The van der Waals surface area contributed by atoms with Gasteiger partial charge in [-0.2, -0.15) is 0 Å². The van der Waals surface area contributed by atoms with Crippen LogP contribution in [-0.2, 0) is 4.74 Å². The Balaban J connectivity index is 2.60. The largest absolute Gasteiger partial charge is 0.380 e. The lowest BCUT2D eigenvalue weighted by Crippen LogP contribution is -2.33. The van der Waals surface area contributed by atoms with E-state index < -0.39 is 0 Å². The highest BCUT2D eigenvalue weighted by molar-refractivity contribution is 5.17. The molecule has 0 saturated heterocycles. The average Bonchev–Trinajstić information content (AvgIpc) is 2.33. The van der Waals surface area contributed by atoms with Crippen molar-refractivity contribution in [2.75, 3.05) is 33.4 Å². The highest BCUT2D eigenvalue weighted by atomic mass is 16.5. The summed E-state index contributed by atoms with van der Waals surface area (Å²) >= 11 is 0. The summed E-state index contributed by atoms with van der Waals surface area (Å²) in [5.41, 5.74) is 8.03. The number of rotatable bonds is 7. The first-order valence-electron chi connectivity index (χ1n) is 6.09. The third-order valence-electron chi connectivity index (χ3n) is 2.87. The molecular formula is C13H23N3O. The van der Waals surface area contributed by atoms with E-state index in [1.165, 1.54) is 0 Å². The van der Waals surface area contributed by atoms with Crippen LogP contribution in [0.4, 0.5) is 0 Å². The Morgan fingerprint density at radius 1 is 1.47 bits per heavy atom. The van der Waals surface area contributed by atoms with Crippen molar-refractivity contribution in [3.05, 3.63) is 29.6 Å². The molecule has 4 nitrogen and oxygen atoms in total. The van der Waals surface area contributed by atoms with E-state index in [2.05, 4.69) is 23.0 Å². The predicted molar refractivity (Wildman–Crippen MR) is 69.9 cm³/mol. The summed E-state index contributed by atoms with van der Waals surface area (Å²) in [5.74, 6) is 0. The van der Waals surface area contributed by atoms with Crippen LogP contribution < -0.4 is 5.73 Å². The van der Waals surface area contributed by atoms with Crippen LogP contribution in [0.3, 0.4) is 0 Å². The lowest BCUT2D eigenvalue weighted by atomic mass is 10.1. The Morgan fingerprint density at radius 3 is 2.76 bits per heavy atom. The van der Waals surface area contributed by atoms with Gasteiger partial charge in [-0.25, -0.2) is 0 Å². The van der Waals surface area contributed by atoms with Gasteiger partial charge in [0.2, 0.25) is 0 Å². The summed E-state index contributed by atoms with van der Waals surface area (Å²) in [6.45, 7) is 6.96. The van der Waals surface area contributed by atoms with E-state index in [0.717, 1.165) is 31.0 Å². The molecule has 1 unspecified atom stereocenters. The Morgan fingerprint density at radius 2 is 2.24 bits per heavy atom. The number of aryl methyl sites for hydroxylation is 1. The van der Waals surface area contributed by atoms with Crippen molar-refractivity contribution < 1.29 is 4.74 Å². The summed E-state index contributed by atoms with van der Waals surface area (Å²) in [4.78, 5) is 6.52. The van der Waals surface area contributed by atoms with Crippen LogP contribution in [0.2, 0.25) is 0 Å². The fourth-order valence-corrected chi connectivity index (χ4v) is 1.76. The number of ether oxygens (including phenoxy) is 1. The maximum absolute atomic E-state index is 5.84. The van der Waals surface area contributed by atoms with Gasteiger partial charge < -0.3 is 10.5 Å². The molecular weight excluding hydrogens is 214 g/mol. The molecule has 1 aromatic heterocycles. The molecule has 0 radical (unpaired) electrons. The van der Waals surface area contributed by atoms with E-state index in [1.54, 1.807) is 0 Å². The van der Waals surface area contributed by atoms with Gasteiger partial charge in [0.05, 0.1) is 6.61 Å². The van der Waals surface area contributed by atoms with Crippen LogP contribution >= 0.6 is 0 Å². The molecule has 0 aliphatic rings. The minimum atomic E-state index is 0.212. The van der Waals surface area contributed by atoms with Gasteiger partial charge in [-0.05, 0) is 32.5 Å². The second-order valence-electron chi connectivity index (χ2n) is 4.16. The van der Waals surface area contributed by atoms with Crippen molar-refractivity contribution in [1.29, 1.82) is 0 Å². The minimum absolute atomic E-state index is 0.212. The Labute approximate surface area is 104 Å². The summed E-state index contributed by atoms with van der Waals surface area (Å²) in [6.07, 6.45) is 1.91. The van der Waals surface area contributed by atoms with E-state index in [1.807, 2.05) is 26.1 Å². The number of pyridine rings is 1. The van der Waals surface area contributed by atoms with Crippen molar-refractivity contribution in [2.45, 2.75) is 19.9 Å². The molecule has 0 aliphatic carbocycles. The lowest BCUT2D eigenvalue weighted by molar-refractivity contribution is 0.108. The second kappa shape index (κ2) is 7.37. The number of likely N-dealkylation sites (N-methyl/N-ethyl adjacent to an activating group) is 1. The Bertz CT molecular complexity index is 313. The molecule has 0 amide bonds. The molecule has 4 heteroatoms. The summed E-state index contributed by atoms with van der Waals surface area (Å²) in [5, 5.41) is 0. The number of aromatic nitrogens is 1. The molecule has 1 rings (SSSR count). The van der Waals surface area contributed by atoms with Crippen molar-refractivity contribution in [2.24, 2.45) is 5.73 Å². The average molecular weight is 237 g/mol. The standard InChI is InChI=1S/C13H23N3O/c1-4-17-8-7-16(3)13(9-14)12-6-5-11(2)15-10-12/h5-6,10,13H,4,7-9,14H2,1-3H3. The first-order valence-corrected chi connectivity index (χ1v) is 6.09. The fourth-order valence-electron chi connectivity index (χ4n) is 1.76. The highest BCUT2D eigenvalue weighted by Crippen LogP contribution is 2.17. The van der Waals surface area contributed by atoms with Crippen LogP contribution in [0.5, 0.6) is 0 Å². The molecule has 0 saturated carbocycles. The maximum Gasteiger partial charge on any atom is 0.0593 e. The van der Waals surface area contributed by atoms with E-state index >= 15 is 0 Å². The molecule has 0 spiro atoms. The molecule has 0 aromatic carbocycles. The Kier molecular flexibility index (Phi) is 6.11. The molecule has 1 heterocycles. The van der Waals surface area contributed by atoms with E-state index in [4.69, 9.17) is 10.5 Å². The van der Waals surface area contributed by atoms with Crippen LogP contribution in [0, 0.1) is 6.92 Å². The zero-order valence-corrected chi connectivity index (χ0v) is 11.0. The number of nitrogens with zero attached hydrogens (tertiary/aromatic N) is 2. The maximum atomic E-state index is 5.84. The molecule has 17 heavy (non-hydrogen) atoms. The zero-order valence-electron chi connectivity index (χ0n) is 11.0. The summed E-state index contributed by atoms with van der Waals surface area (Å²) in [7, 11) is 2.07. The molecule has 0 bridgehead atoms. The van der Waals surface area contributed by atoms with Crippen molar-refractivity contribution >= 4 is 0 Å². The molecule has 96 valence electrons. The van der Waals surface area contributed by atoms with Gasteiger partial charge in [0, 0.05) is 37.6 Å². The molecule has 0 fully saturated rings. The fraction of sp³-hybridized carbons (Fsp3) is 0.615. The van der Waals surface area contributed by atoms with Crippen molar-refractivity contribution in [1.82, 2.24) is 9.88 Å². The van der Waals surface area contributed by atoms with Crippen LogP contribution in [0.1, 0.15) is 24.2 Å². The summed E-state index contributed by atoms with van der Waals surface area (Å²) in [6, 6.07) is 4.33. The highest BCUT2D eigenvalue weighted by Gasteiger charge is 2.15. The van der Waals surface area contributed by atoms with Gasteiger partial charge in [-0.15, -0.1) is 0 Å². The molecule has 1 aromatic rings. The van der Waals surface area contributed by atoms with E-state index in [9.17, 15) is 0 Å². The van der Waals surface area contributed by atoms with E-state index in [-0.39, 0.29) is 6.04 Å². The van der Waals surface area contributed by atoms with Crippen LogP contribution in [0.25, 0.3) is 0 Å². The zero-order chi connectivity index (χ0) is 12.7. The normalized spacial score (nSPS) is 13.0. The smallest absolute Gasteiger partial charge is 0.0593 e. The second-order valence-corrected chi connectivity index (χ2v) is 4.16. The van der Waals surface area contributed by atoms with Crippen molar-refractivity contribution in [3.8, 4) is 0 Å². The van der Waals surface area contributed by atoms with Gasteiger partial charge in [0.1, 0.15) is 0 Å². The van der Waals surface area contributed by atoms with E-state index in [0.29, 0.717) is 6.54 Å².